The zero-order valence-corrected chi connectivity index (χ0v) is 19.9. The van der Waals surface area contributed by atoms with Gasteiger partial charge in [0, 0.05) is 10.6 Å². The van der Waals surface area contributed by atoms with Gasteiger partial charge >= 0.3 is 0 Å². The molecule has 2 aromatic carbocycles. The van der Waals surface area contributed by atoms with E-state index in [1.807, 2.05) is 0 Å². The number of amides is 3. The van der Waals surface area contributed by atoms with E-state index < -0.39 is 41.9 Å². The van der Waals surface area contributed by atoms with Gasteiger partial charge in [-0.15, -0.1) is 0 Å². The number of ketones is 1. The van der Waals surface area contributed by atoms with Gasteiger partial charge in [-0.25, -0.2) is 5.01 Å². The summed E-state index contributed by atoms with van der Waals surface area (Å²) in [7, 11) is 1.52. The molecule has 2 saturated carbocycles. The number of carbonyl (C=O) groups is 4. The van der Waals surface area contributed by atoms with Crippen LogP contribution < -0.4 is 4.74 Å². The van der Waals surface area contributed by atoms with Crippen molar-refractivity contribution in [3.05, 3.63) is 63.6 Å². The highest BCUT2D eigenvalue weighted by atomic mass is 35.5. The Hall–Kier alpha value is -2.90. The lowest BCUT2D eigenvalue weighted by Crippen LogP contribution is -2.52. The van der Waals surface area contributed by atoms with Crippen molar-refractivity contribution in [3.63, 3.8) is 0 Å². The van der Waals surface area contributed by atoms with Crippen molar-refractivity contribution in [3.8, 4) is 5.75 Å². The average Bonchev–Trinajstić information content (AvgIpc) is 3.51. The number of carbonyl (C=O) groups excluding carboxylic acids is 4. The fraction of sp³-hybridized carbons (Fsp3) is 0.360. The molecule has 2 aromatic rings. The van der Waals surface area contributed by atoms with Crippen molar-refractivity contribution in [2.75, 3.05) is 13.7 Å². The number of benzene rings is 2. The van der Waals surface area contributed by atoms with Gasteiger partial charge in [0.05, 0.1) is 29.5 Å². The van der Waals surface area contributed by atoms with Gasteiger partial charge in [-0.2, -0.15) is 5.01 Å². The van der Waals surface area contributed by atoms with E-state index >= 15 is 0 Å². The Morgan fingerprint density at radius 3 is 2.18 bits per heavy atom. The van der Waals surface area contributed by atoms with Crippen LogP contribution in [-0.4, -0.2) is 47.2 Å². The second-order valence-electron chi connectivity index (χ2n) is 9.01. The molecule has 3 fully saturated rings. The largest absolute Gasteiger partial charge is 0.497 e. The second kappa shape index (κ2) is 8.71. The second-order valence-corrected chi connectivity index (χ2v) is 9.86. The predicted octanol–water partition coefficient (Wildman–Crippen LogP) is 4.27. The van der Waals surface area contributed by atoms with Crippen molar-refractivity contribution in [1.82, 2.24) is 10.0 Å². The van der Waals surface area contributed by atoms with E-state index in [1.165, 1.54) is 25.3 Å². The van der Waals surface area contributed by atoms with Gasteiger partial charge < -0.3 is 4.74 Å². The number of Topliss-reactive ketones (excluding diaryl/α,β-unsaturated/α-hetero) is 1. The first-order chi connectivity index (χ1) is 16.3. The maximum atomic E-state index is 13.6. The zero-order chi connectivity index (χ0) is 24.1. The van der Waals surface area contributed by atoms with Crippen LogP contribution in [-0.2, 0) is 9.59 Å². The standard InChI is InChI=1S/C25H22Cl2N2O5/c1-34-17-7-4-13(5-8-17)20(30)12-28(23(31)18-9-6-16(26)11-19(18)27)29-24(32)21-14-2-3-15(10-14)22(21)25(29)33/h4-9,11,14-15,21-22H,2-3,10,12H2,1H3/t14-,15-,21+,22+/m0/s1. The molecule has 1 saturated heterocycles. The lowest BCUT2D eigenvalue weighted by atomic mass is 9.81. The highest BCUT2D eigenvalue weighted by molar-refractivity contribution is 6.36. The molecule has 1 heterocycles. The lowest BCUT2D eigenvalue weighted by molar-refractivity contribution is -0.154. The predicted molar refractivity (Wildman–Crippen MR) is 124 cm³/mol. The van der Waals surface area contributed by atoms with Crippen LogP contribution >= 0.6 is 23.2 Å². The van der Waals surface area contributed by atoms with Crippen LogP contribution in [0.25, 0.3) is 0 Å². The number of rotatable bonds is 6. The molecule has 5 rings (SSSR count). The summed E-state index contributed by atoms with van der Waals surface area (Å²) in [5, 5.41) is 2.25. The monoisotopic (exact) mass is 500 g/mol. The molecule has 2 aliphatic carbocycles. The van der Waals surface area contributed by atoms with Crippen molar-refractivity contribution in [2.45, 2.75) is 19.3 Å². The normalized spacial score (nSPS) is 25.0. The molecule has 0 spiro atoms. The van der Waals surface area contributed by atoms with Gasteiger partial charge in [-0.3, -0.25) is 19.2 Å². The highest BCUT2D eigenvalue weighted by Gasteiger charge is 2.62. The fourth-order valence-electron chi connectivity index (χ4n) is 5.67. The molecule has 176 valence electrons. The minimum Gasteiger partial charge on any atom is -0.497 e. The summed E-state index contributed by atoms with van der Waals surface area (Å²) < 4.78 is 5.13. The summed E-state index contributed by atoms with van der Waals surface area (Å²) in [6.45, 7) is -0.490. The minimum absolute atomic E-state index is 0.0502. The molecule has 3 aliphatic rings. The first-order valence-corrected chi connectivity index (χ1v) is 11.9. The Labute approximate surface area is 206 Å². The zero-order valence-electron chi connectivity index (χ0n) is 18.4. The van der Waals surface area contributed by atoms with Crippen molar-refractivity contribution in [2.24, 2.45) is 23.7 Å². The molecule has 9 heteroatoms. The molecule has 0 aromatic heterocycles. The number of hydrogen-bond acceptors (Lipinski definition) is 5. The molecule has 2 bridgehead atoms. The minimum atomic E-state index is -0.711. The van der Waals surface area contributed by atoms with Crippen LogP contribution in [0.15, 0.2) is 42.5 Å². The third-order valence-corrected chi connectivity index (χ3v) is 7.79. The topological polar surface area (TPSA) is 84.0 Å². The third kappa shape index (κ3) is 3.67. The number of ether oxygens (including phenoxy) is 1. The van der Waals surface area contributed by atoms with Gasteiger partial charge in [0.25, 0.3) is 17.7 Å². The molecule has 34 heavy (non-hydrogen) atoms. The Bertz CT molecular complexity index is 1170. The highest BCUT2D eigenvalue weighted by Crippen LogP contribution is 2.56. The first-order valence-electron chi connectivity index (χ1n) is 11.1. The van der Waals surface area contributed by atoms with Crippen molar-refractivity contribution < 1.29 is 23.9 Å². The molecular formula is C25H22Cl2N2O5. The lowest BCUT2D eigenvalue weighted by Gasteiger charge is -2.31. The van der Waals surface area contributed by atoms with Crippen LogP contribution in [0.1, 0.15) is 40.0 Å². The molecule has 1 aliphatic heterocycles. The maximum absolute atomic E-state index is 13.6. The molecule has 4 atom stereocenters. The van der Waals surface area contributed by atoms with E-state index in [0.717, 1.165) is 29.3 Å². The molecule has 0 unspecified atom stereocenters. The average molecular weight is 501 g/mol. The number of nitrogens with zero attached hydrogens (tertiary/aromatic N) is 2. The van der Waals surface area contributed by atoms with E-state index in [2.05, 4.69) is 0 Å². The van der Waals surface area contributed by atoms with Crippen LogP contribution in [0.2, 0.25) is 10.0 Å². The Balaban J connectivity index is 1.50. The third-order valence-electron chi connectivity index (χ3n) is 7.25. The number of methoxy groups -OCH3 is 1. The number of imide groups is 1. The Morgan fingerprint density at radius 2 is 1.62 bits per heavy atom. The summed E-state index contributed by atoms with van der Waals surface area (Å²) in [4.78, 5) is 53.6. The van der Waals surface area contributed by atoms with Gasteiger partial charge in [0.2, 0.25) is 0 Å². The summed E-state index contributed by atoms with van der Waals surface area (Å²) in [5.41, 5.74) is 0.370. The Kier molecular flexibility index (Phi) is 5.86. The van der Waals surface area contributed by atoms with Crippen molar-refractivity contribution in [1.29, 1.82) is 0 Å². The van der Waals surface area contributed by atoms with Gasteiger partial charge in [0.1, 0.15) is 12.3 Å². The molecular weight excluding hydrogens is 479 g/mol. The summed E-state index contributed by atoms with van der Waals surface area (Å²) >= 11 is 12.2. The van der Waals surface area contributed by atoms with Crippen molar-refractivity contribution >= 4 is 46.7 Å². The van der Waals surface area contributed by atoms with E-state index in [1.54, 1.807) is 24.3 Å². The number of halogens is 2. The summed E-state index contributed by atoms with van der Waals surface area (Å²) in [6.07, 6.45) is 2.67. The molecule has 0 radical (unpaired) electrons. The Morgan fingerprint density at radius 1 is 1.00 bits per heavy atom. The summed E-state index contributed by atoms with van der Waals surface area (Å²) in [6, 6.07) is 10.7. The quantitative estimate of drug-likeness (QED) is 0.436. The van der Waals surface area contributed by atoms with Crippen LogP contribution in [0.4, 0.5) is 0 Å². The van der Waals surface area contributed by atoms with Crippen LogP contribution in [0.5, 0.6) is 5.75 Å². The van der Waals surface area contributed by atoms with E-state index in [4.69, 9.17) is 27.9 Å². The number of hydrazine groups is 1. The fourth-order valence-corrected chi connectivity index (χ4v) is 6.16. The van der Waals surface area contributed by atoms with E-state index in [0.29, 0.717) is 16.3 Å². The molecule has 3 amide bonds. The number of hydrogen-bond donors (Lipinski definition) is 0. The van der Waals surface area contributed by atoms with E-state index in [9.17, 15) is 19.2 Å². The number of fused-ring (bicyclic) bond motifs is 5. The first kappa shape index (κ1) is 22.9. The van der Waals surface area contributed by atoms with Gasteiger partial charge in [0.15, 0.2) is 5.78 Å². The SMILES string of the molecule is COc1ccc(C(=O)CN(C(=O)c2ccc(Cl)cc2Cl)N2C(=O)[C@@H]3[C@H]4CC[C@@H](C4)[C@H]3C2=O)cc1. The van der Waals surface area contributed by atoms with Gasteiger partial charge in [-0.1, -0.05) is 23.2 Å². The summed E-state index contributed by atoms with van der Waals surface area (Å²) in [5.74, 6) is -1.97. The maximum Gasteiger partial charge on any atom is 0.274 e. The van der Waals surface area contributed by atoms with Crippen LogP contribution in [0.3, 0.4) is 0 Å². The molecule has 7 nitrogen and oxygen atoms in total. The van der Waals surface area contributed by atoms with Gasteiger partial charge in [-0.05, 0) is 73.6 Å². The van der Waals surface area contributed by atoms with E-state index in [-0.39, 0.29) is 22.4 Å². The van der Waals surface area contributed by atoms with Crippen LogP contribution in [0, 0.1) is 23.7 Å². The smallest absolute Gasteiger partial charge is 0.274 e. The molecule has 0 N–H and O–H groups in total.